The van der Waals surface area contributed by atoms with Crippen molar-refractivity contribution in [2.75, 3.05) is 0 Å². The quantitative estimate of drug-likeness (QED) is 0.536. The average Bonchev–Trinajstić information content (AvgIpc) is 2.34. The highest BCUT2D eigenvalue weighted by molar-refractivity contribution is 4.82. The Labute approximate surface area is 51.5 Å². The summed E-state index contributed by atoms with van der Waals surface area (Å²) in [6.45, 7) is 0.0104. The third-order valence-electron chi connectivity index (χ3n) is 0.828. The average molecular weight is 129 g/mol. The molecular weight excluding hydrogens is 122 g/mol. The second kappa shape index (κ2) is 2.56. The van der Waals surface area contributed by atoms with Crippen molar-refractivity contribution < 1.29 is 9.63 Å². The molecule has 50 valence electrons. The van der Waals surface area contributed by atoms with E-state index in [1.807, 2.05) is 0 Å². The van der Waals surface area contributed by atoms with Crippen LogP contribution in [-0.2, 0) is 13.2 Å². The Bertz CT molecular complexity index is 167. The number of nitrogens with two attached hydrogens (primary N) is 1. The van der Waals surface area contributed by atoms with Crippen LogP contribution in [0.25, 0.3) is 0 Å². The minimum atomic E-state index is -0.229. The highest BCUT2D eigenvalue weighted by atomic mass is 16.5. The Morgan fingerprint density at radius 2 is 2.44 bits per heavy atom. The molecule has 0 aromatic carbocycles. The van der Waals surface area contributed by atoms with Crippen molar-refractivity contribution in [3.63, 3.8) is 0 Å². The Morgan fingerprint density at radius 1 is 1.67 bits per heavy atom. The minimum Gasteiger partial charge on any atom is -0.387 e. The van der Waals surface area contributed by atoms with E-state index < -0.39 is 0 Å². The highest BCUT2D eigenvalue weighted by Gasteiger charge is 2.00. The van der Waals surface area contributed by atoms with E-state index in [1.165, 1.54) is 0 Å². The summed E-state index contributed by atoms with van der Waals surface area (Å²) in [5.74, 6) is 0.620. The first-order valence-electron chi connectivity index (χ1n) is 2.49. The van der Waals surface area contributed by atoms with E-state index in [4.69, 9.17) is 10.8 Å². The van der Waals surface area contributed by atoms with E-state index in [-0.39, 0.29) is 19.0 Å². The van der Waals surface area contributed by atoms with Crippen LogP contribution in [0.1, 0.15) is 11.7 Å². The molecule has 0 aliphatic heterocycles. The van der Waals surface area contributed by atoms with Gasteiger partial charge in [0.1, 0.15) is 6.61 Å². The van der Waals surface area contributed by atoms with Crippen molar-refractivity contribution in [3.05, 3.63) is 11.7 Å². The Balaban J connectivity index is 2.74. The van der Waals surface area contributed by atoms with Crippen molar-refractivity contribution in [3.8, 4) is 0 Å². The first-order valence-corrected chi connectivity index (χ1v) is 2.49. The molecule has 0 radical (unpaired) electrons. The van der Waals surface area contributed by atoms with E-state index in [0.717, 1.165) is 0 Å². The van der Waals surface area contributed by atoms with Crippen molar-refractivity contribution in [1.29, 1.82) is 0 Å². The van der Waals surface area contributed by atoms with Crippen molar-refractivity contribution in [1.82, 2.24) is 10.1 Å². The van der Waals surface area contributed by atoms with Crippen LogP contribution < -0.4 is 5.73 Å². The van der Waals surface area contributed by atoms with Crippen molar-refractivity contribution >= 4 is 0 Å². The zero-order chi connectivity index (χ0) is 6.69. The Kier molecular flexibility index (Phi) is 1.76. The fourth-order valence-electron chi connectivity index (χ4n) is 0.437. The number of hydrogen-bond donors (Lipinski definition) is 2. The van der Waals surface area contributed by atoms with Gasteiger partial charge in [0.15, 0.2) is 5.82 Å². The predicted molar refractivity (Wildman–Crippen MR) is 28.1 cm³/mol. The lowest BCUT2D eigenvalue weighted by molar-refractivity contribution is 0.222. The summed E-state index contributed by atoms with van der Waals surface area (Å²) in [6.07, 6.45) is 0. The molecule has 1 rings (SSSR count). The summed E-state index contributed by atoms with van der Waals surface area (Å²) in [5.41, 5.74) is 5.15. The van der Waals surface area contributed by atoms with E-state index in [9.17, 15) is 0 Å². The number of aliphatic hydroxyl groups is 1. The molecule has 9 heavy (non-hydrogen) atoms. The molecule has 0 bridgehead atoms. The smallest absolute Gasteiger partial charge is 0.252 e. The molecule has 5 heteroatoms. The van der Waals surface area contributed by atoms with Gasteiger partial charge in [-0.3, -0.25) is 0 Å². The molecule has 0 saturated carbocycles. The van der Waals surface area contributed by atoms with Crippen molar-refractivity contribution in [2.24, 2.45) is 5.73 Å². The molecule has 0 aliphatic carbocycles. The van der Waals surface area contributed by atoms with E-state index in [2.05, 4.69) is 14.7 Å². The lowest BCUT2D eigenvalue weighted by Crippen LogP contribution is -1.98. The fraction of sp³-hybridized carbons (Fsp3) is 0.500. The molecule has 1 aromatic heterocycles. The summed E-state index contributed by atoms with van der Waals surface area (Å²) >= 11 is 0. The monoisotopic (exact) mass is 129 g/mol. The van der Waals surface area contributed by atoms with Crippen LogP contribution in [-0.4, -0.2) is 15.2 Å². The molecule has 0 aliphatic rings. The van der Waals surface area contributed by atoms with E-state index in [0.29, 0.717) is 5.82 Å². The Morgan fingerprint density at radius 3 is 2.78 bits per heavy atom. The maximum atomic E-state index is 8.41. The molecule has 0 fully saturated rings. The largest absolute Gasteiger partial charge is 0.387 e. The van der Waals surface area contributed by atoms with Crippen LogP contribution in [0.15, 0.2) is 4.52 Å². The predicted octanol–water partition coefficient (Wildman–Crippen LogP) is -0.979. The van der Waals surface area contributed by atoms with Crippen LogP contribution in [0, 0.1) is 0 Å². The molecule has 0 amide bonds. The van der Waals surface area contributed by atoms with Gasteiger partial charge in [0.2, 0.25) is 0 Å². The maximum Gasteiger partial charge on any atom is 0.252 e. The van der Waals surface area contributed by atoms with Gasteiger partial charge in [0.05, 0.1) is 6.54 Å². The minimum absolute atomic E-state index is 0.204. The van der Waals surface area contributed by atoms with E-state index in [1.54, 1.807) is 0 Å². The summed E-state index contributed by atoms with van der Waals surface area (Å²) in [7, 11) is 0. The highest BCUT2D eigenvalue weighted by Crippen LogP contribution is 1.93. The molecule has 0 atom stereocenters. The van der Waals surface area contributed by atoms with Gasteiger partial charge in [0, 0.05) is 0 Å². The number of aliphatic hydroxyl groups excluding tert-OH is 1. The first kappa shape index (κ1) is 6.18. The van der Waals surface area contributed by atoms with Gasteiger partial charge in [-0.1, -0.05) is 5.16 Å². The van der Waals surface area contributed by atoms with Gasteiger partial charge in [-0.15, -0.1) is 0 Å². The van der Waals surface area contributed by atoms with Crippen LogP contribution in [0.5, 0.6) is 0 Å². The molecule has 1 aromatic rings. The van der Waals surface area contributed by atoms with Crippen LogP contribution >= 0.6 is 0 Å². The number of aromatic nitrogens is 2. The van der Waals surface area contributed by atoms with Gasteiger partial charge in [-0.25, -0.2) is 0 Å². The zero-order valence-electron chi connectivity index (χ0n) is 4.74. The lowest BCUT2D eigenvalue weighted by atomic mass is 10.6. The van der Waals surface area contributed by atoms with Gasteiger partial charge >= 0.3 is 0 Å². The topological polar surface area (TPSA) is 85.2 Å². The summed E-state index contributed by atoms with van der Waals surface area (Å²) in [5, 5.41) is 11.8. The molecule has 0 saturated heterocycles. The molecule has 0 spiro atoms. The maximum absolute atomic E-state index is 8.41. The molecular formula is C4H7N3O2. The fourth-order valence-corrected chi connectivity index (χ4v) is 0.437. The van der Waals surface area contributed by atoms with Crippen LogP contribution in [0.4, 0.5) is 0 Å². The SMILES string of the molecule is NCc1noc(CO)n1. The van der Waals surface area contributed by atoms with Gasteiger partial charge in [-0.2, -0.15) is 4.98 Å². The third-order valence-corrected chi connectivity index (χ3v) is 0.828. The summed E-state index contributed by atoms with van der Waals surface area (Å²) in [6, 6.07) is 0. The second-order valence-corrected chi connectivity index (χ2v) is 1.47. The standard InChI is InChI=1S/C4H7N3O2/c5-1-3-6-4(2-8)9-7-3/h8H,1-2,5H2. The first-order chi connectivity index (χ1) is 4.36. The van der Waals surface area contributed by atoms with Gasteiger partial charge in [-0.05, 0) is 0 Å². The lowest BCUT2D eigenvalue weighted by Gasteiger charge is -1.77. The number of rotatable bonds is 2. The summed E-state index contributed by atoms with van der Waals surface area (Å²) < 4.78 is 4.51. The molecule has 3 N–H and O–H groups in total. The van der Waals surface area contributed by atoms with Gasteiger partial charge in [0.25, 0.3) is 5.89 Å². The van der Waals surface area contributed by atoms with Crippen molar-refractivity contribution in [2.45, 2.75) is 13.2 Å². The molecule has 0 unspecified atom stereocenters. The number of nitrogens with zero attached hydrogens (tertiary/aromatic N) is 2. The second-order valence-electron chi connectivity index (χ2n) is 1.47. The van der Waals surface area contributed by atoms with Crippen LogP contribution in [0.2, 0.25) is 0 Å². The molecule has 1 heterocycles. The van der Waals surface area contributed by atoms with Gasteiger partial charge < -0.3 is 15.4 Å². The zero-order valence-corrected chi connectivity index (χ0v) is 4.74. The Hall–Kier alpha value is -0.940. The normalized spacial score (nSPS) is 10.0. The van der Waals surface area contributed by atoms with Crippen LogP contribution in [0.3, 0.4) is 0 Å². The summed E-state index contributed by atoms with van der Waals surface area (Å²) in [4.78, 5) is 3.69. The van der Waals surface area contributed by atoms with E-state index >= 15 is 0 Å². The third kappa shape index (κ3) is 1.24. The number of hydrogen-bond acceptors (Lipinski definition) is 5. The molecule has 5 nitrogen and oxygen atoms in total.